The van der Waals surface area contributed by atoms with E-state index in [1.165, 1.54) is 18.2 Å². The number of methoxy groups -OCH3 is 1. The molecule has 4 rings (SSSR count). The molecule has 1 amide bonds. The molecule has 2 saturated heterocycles. The van der Waals surface area contributed by atoms with Gasteiger partial charge in [-0.2, -0.15) is 0 Å². The third-order valence-electron chi connectivity index (χ3n) is 5.82. The van der Waals surface area contributed by atoms with Crippen molar-refractivity contribution in [3.63, 3.8) is 0 Å². The van der Waals surface area contributed by atoms with Crippen molar-refractivity contribution in [2.45, 2.75) is 62.1 Å². The van der Waals surface area contributed by atoms with E-state index in [1.54, 1.807) is 25.3 Å². The van der Waals surface area contributed by atoms with Crippen LogP contribution in [0.1, 0.15) is 39.0 Å². The summed E-state index contributed by atoms with van der Waals surface area (Å²) in [5.41, 5.74) is 0.548. The van der Waals surface area contributed by atoms with Crippen LogP contribution in [0.3, 0.4) is 0 Å². The number of halogens is 1. The van der Waals surface area contributed by atoms with Crippen molar-refractivity contribution in [2.75, 3.05) is 37.0 Å². The van der Waals surface area contributed by atoms with E-state index in [9.17, 15) is 4.79 Å². The molecular formula is C22H30ClN5O3S. The first kappa shape index (κ1) is 23.2. The summed E-state index contributed by atoms with van der Waals surface area (Å²) < 4.78 is 13.4. The average Bonchev–Trinajstić information content (AvgIpc) is 3.45. The SMILES string of the molecule is COc1ccc(Cl)cc1NC(=O)C(C)Sc1nnc(N2CCCCC2)n1CC1CCCO1. The second-order valence-corrected chi connectivity index (χ2v) is 9.91. The Morgan fingerprint density at radius 2 is 2.12 bits per heavy atom. The minimum Gasteiger partial charge on any atom is -0.495 e. The summed E-state index contributed by atoms with van der Waals surface area (Å²) in [5, 5.41) is 12.8. The van der Waals surface area contributed by atoms with Crippen LogP contribution in [0.5, 0.6) is 5.75 Å². The van der Waals surface area contributed by atoms with Crippen LogP contribution in [0.2, 0.25) is 5.02 Å². The molecule has 1 aromatic carbocycles. The lowest BCUT2D eigenvalue weighted by molar-refractivity contribution is -0.115. The number of carbonyl (C=O) groups excluding carboxylic acids is 1. The molecule has 2 unspecified atom stereocenters. The molecule has 174 valence electrons. The van der Waals surface area contributed by atoms with E-state index < -0.39 is 0 Å². The number of piperidine rings is 1. The van der Waals surface area contributed by atoms with Gasteiger partial charge in [0.1, 0.15) is 5.75 Å². The molecule has 8 nitrogen and oxygen atoms in total. The third-order valence-corrected chi connectivity index (χ3v) is 7.13. The molecular weight excluding hydrogens is 450 g/mol. The number of amides is 1. The van der Waals surface area contributed by atoms with Gasteiger partial charge in [-0.1, -0.05) is 23.4 Å². The highest BCUT2D eigenvalue weighted by Gasteiger charge is 2.27. The normalized spacial score (nSPS) is 19.7. The smallest absolute Gasteiger partial charge is 0.237 e. The van der Waals surface area contributed by atoms with Crippen molar-refractivity contribution < 1.29 is 14.3 Å². The lowest BCUT2D eigenvalue weighted by atomic mass is 10.1. The second kappa shape index (κ2) is 10.8. The largest absolute Gasteiger partial charge is 0.495 e. The van der Waals surface area contributed by atoms with Crippen molar-refractivity contribution in [1.29, 1.82) is 0 Å². The van der Waals surface area contributed by atoms with Gasteiger partial charge in [-0.25, -0.2) is 0 Å². The van der Waals surface area contributed by atoms with E-state index in [0.717, 1.165) is 56.5 Å². The van der Waals surface area contributed by atoms with Gasteiger partial charge >= 0.3 is 0 Å². The van der Waals surface area contributed by atoms with Crippen LogP contribution in [0, 0.1) is 0 Å². The highest BCUT2D eigenvalue weighted by atomic mass is 35.5. The van der Waals surface area contributed by atoms with E-state index in [2.05, 4.69) is 25.0 Å². The number of hydrogen-bond acceptors (Lipinski definition) is 7. The monoisotopic (exact) mass is 479 g/mol. The average molecular weight is 480 g/mol. The molecule has 0 spiro atoms. The highest BCUT2D eigenvalue weighted by molar-refractivity contribution is 8.00. The van der Waals surface area contributed by atoms with E-state index in [-0.39, 0.29) is 17.3 Å². The molecule has 1 N–H and O–H groups in total. The van der Waals surface area contributed by atoms with Gasteiger partial charge < -0.3 is 19.7 Å². The van der Waals surface area contributed by atoms with Gasteiger partial charge in [0.25, 0.3) is 0 Å². The van der Waals surface area contributed by atoms with E-state index in [1.807, 2.05) is 6.92 Å². The fraction of sp³-hybridized carbons (Fsp3) is 0.591. The van der Waals surface area contributed by atoms with Crippen LogP contribution in [0.4, 0.5) is 11.6 Å². The van der Waals surface area contributed by atoms with E-state index in [0.29, 0.717) is 23.0 Å². The van der Waals surface area contributed by atoms with Gasteiger partial charge in [-0.3, -0.25) is 9.36 Å². The third kappa shape index (κ3) is 5.50. The zero-order valence-corrected chi connectivity index (χ0v) is 20.1. The first-order valence-electron chi connectivity index (χ1n) is 11.2. The van der Waals surface area contributed by atoms with E-state index in [4.69, 9.17) is 21.1 Å². The second-order valence-electron chi connectivity index (χ2n) is 8.17. The van der Waals surface area contributed by atoms with Gasteiger partial charge in [0.15, 0.2) is 5.16 Å². The molecule has 2 aliphatic heterocycles. The van der Waals surface area contributed by atoms with Crippen molar-refractivity contribution in [3.05, 3.63) is 23.2 Å². The highest BCUT2D eigenvalue weighted by Crippen LogP contribution is 2.31. The molecule has 2 atom stereocenters. The Balaban J connectivity index is 1.50. The summed E-state index contributed by atoms with van der Waals surface area (Å²) in [4.78, 5) is 15.2. The van der Waals surface area contributed by atoms with Gasteiger partial charge in [-0.15, -0.1) is 10.2 Å². The number of carbonyl (C=O) groups is 1. The van der Waals surface area contributed by atoms with Crippen LogP contribution < -0.4 is 15.0 Å². The molecule has 0 bridgehead atoms. The number of hydrogen-bond donors (Lipinski definition) is 1. The summed E-state index contributed by atoms with van der Waals surface area (Å²) >= 11 is 7.50. The number of aromatic nitrogens is 3. The lowest BCUT2D eigenvalue weighted by Crippen LogP contribution is -2.33. The molecule has 3 heterocycles. The number of benzene rings is 1. The fourth-order valence-corrected chi connectivity index (χ4v) is 5.10. The fourth-order valence-electron chi connectivity index (χ4n) is 4.07. The van der Waals surface area contributed by atoms with Crippen LogP contribution >= 0.6 is 23.4 Å². The number of ether oxygens (including phenoxy) is 2. The summed E-state index contributed by atoms with van der Waals surface area (Å²) in [7, 11) is 1.56. The zero-order valence-electron chi connectivity index (χ0n) is 18.6. The maximum Gasteiger partial charge on any atom is 0.237 e. The van der Waals surface area contributed by atoms with Crippen molar-refractivity contribution in [3.8, 4) is 5.75 Å². The minimum absolute atomic E-state index is 0.151. The zero-order chi connectivity index (χ0) is 22.5. The number of nitrogens with one attached hydrogen (secondary N) is 1. The van der Waals surface area contributed by atoms with Crippen molar-refractivity contribution >= 4 is 40.9 Å². The predicted octanol–water partition coefficient (Wildman–Crippen LogP) is 4.23. The van der Waals surface area contributed by atoms with E-state index >= 15 is 0 Å². The molecule has 2 fully saturated rings. The lowest BCUT2D eigenvalue weighted by Gasteiger charge is -2.28. The first-order chi connectivity index (χ1) is 15.5. The summed E-state index contributed by atoms with van der Waals surface area (Å²) in [6.07, 6.45) is 5.85. The number of thioether (sulfide) groups is 1. The van der Waals surface area contributed by atoms with Gasteiger partial charge in [0.05, 0.1) is 30.7 Å². The minimum atomic E-state index is -0.389. The predicted molar refractivity (Wildman–Crippen MR) is 127 cm³/mol. The van der Waals surface area contributed by atoms with Crippen LogP contribution in [-0.2, 0) is 16.1 Å². The van der Waals surface area contributed by atoms with Gasteiger partial charge in [0, 0.05) is 24.7 Å². The Labute approximate surface area is 198 Å². The van der Waals surface area contributed by atoms with Gasteiger partial charge in [0.2, 0.25) is 11.9 Å². The Morgan fingerprint density at radius 3 is 2.84 bits per heavy atom. The topological polar surface area (TPSA) is 81.5 Å². The quantitative estimate of drug-likeness (QED) is 0.567. The van der Waals surface area contributed by atoms with Crippen LogP contribution in [0.15, 0.2) is 23.4 Å². The van der Waals surface area contributed by atoms with Crippen LogP contribution in [-0.4, -0.2) is 58.8 Å². The van der Waals surface area contributed by atoms with Gasteiger partial charge in [-0.05, 0) is 57.2 Å². The molecule has 10 heteroatoms. The molecule has 1 aromatic heterocycles. The van der Waals surface area contributed by atoms with Crippen LogP contribution in [0.25, 0.3) is 0 Å². The van der Waals surface area contributed by atoms with Crippen molar-refractivity contribution in [1.82, 2.24) is 14.8 Å². The number of nitrogens with zero attached hydrogens (tertiary/aromatic N) is 4. The Kier molecular flexibility index (Phi) is 7.80. The standard InChI is InChI=1S/C22H30ClN5O3S/c1-15(20(29)24-18-13-16(23)8-9-19(18)30-2)32-22-26-25-21(27-10-4-3-5-11-27)28(22)14-17-7-6-12-31-17/h8-9,13,15,17H,3-7,10-12,14H2,1-2H3,(H,24,29). The summed E-state index contributed by atoms with van der Waals surface area (Å²) in [6, 6.07) is 5.15. The molecule has 0 radical (unpaired) electrons. The first-order valence-corrected chi connectivity index (χ1v) is 12.4. The summed E-state index contributed by atoms with van der Waals surface area (Å²) in [6.45, 7) is 5.34. The molecule has 32 heavy (non-hydrogen) atoms. The molecule has 0 saturated carbocycles. The molecule has 2 aliphatic rings. The maximum absolute atomic E-state index is 12.9. The molecule has 2 aromatic rings. The Bertz CT molecular complexity index is 928. The Hall–Kier alpha value is -1.97. The van der Waals surface area contributed by atoms with Crippen molar-refractivity contribution in [2.24, 2.45) is 0 Å². The maximum atomic E-state index is 12.9. The number of anilines is 2. The summed E-state index contributed by atoms with van der Waals surface area (Å²) in [5.74, 6) is 1.29. The Morgan fingerprint density at radius 1 is 1.31 bits per heavy atom. The molecule has 0 aliphatic carbocycles. The number of rotatable bonds is 8.